The zero-order chi connectivity index (χ0) is 11.5. The van der Waals surface area contributed by atoms with Gasteiger partial charge in [-0.25, -0.2) is 4.39 Å². The Morgan fingerprint density at radius 1 is 1.47 bits per heavy atom. The normalized spacial score (nSPS) is 13.9. The molecule has 15 heavy (non-hydrogen) atoms. The lowest BCUT2D eigenvalue weighted by Crippen LogP contribution is -2.43. The highest BCUT2D eigenvalue weighted by Gasteiger charge is 2.13. The van der Waals surface area contributed by atoms with Gasteiger partial charge in [0.25, 0.3) is 0 Å². The van der Waals surface area contributed by atoms with Gasteiger partial charge < -0.3 is 11.1 Å². The fraction of sp³-hybridized carbons (Fsp3) is 0.500. The first kappa shape index (κ1) is 12.1. The van der Waals surface area contributed by atoms with Crippen molar-refractivity contribution in [2.24, 2.45) is 5.73 Å². The third-order valence-corrected chi connectivity index (χ3v) is 2.21. The lowest BCUT2D eigenvalue weighted by molar-refractivity contribution is 0.434. The number of rotatable bonds is 4. The number of hydrogen-bond donors (Lipinski definition) is 2. The highest BCUT2D eigenvalue weighted by molar-refractivity contribution is 5.19. The van der Waals surface area contributed by atoms with Gasteiger partial charge in [-0.1, -0.05) is 12.1 Å². The summed E-state index contributed by atoms with van der Waals surface area (Å²) in [5.41, 5.74) is 6.55. The van der Waals surface area contributed by atoms with Crippen LogP contribution in [0, 0.1) is 5.82 Å². The molecule has 0 saturated heterocycles. The van der Waals surface area contributed by atoms with E-state index in [1.54, 1.807) is 12.1 Å². The van der Waals surface area contributed by atoms with Crippen LogP contribution in [0.15, 0.2) is 24.3 Å². The molecule has 0 aliphatic heterocycles. The molecule has 0 spiro atoms. The fourth-order valence-electron chi connectivity index (χ4n) is 1.31. The molecule has 1 aromatic rings. The van der Waals surface area contributed by atoms with Crippen molar-refractivity contribution in [1.29, 1.82) is 0 Å². The second kappa shape index (κ2) is 4.73. The van der Waals surface area contributed by atoms with Gasteiger partial charge in [0.15, 0.2) is 0 Å². The second-order valence-electron chi connectivity index (χ2n) is 4.65. The molecule has 0 aliphatic rings. The first-order valence-corrected chi connectivity index (χ1v) is 5.16. The van der Waals surface area contributed by atoms with Crippen molar-refractivity contribution in [3.8, 4) is 0 Å². The van der Waals surface area contributed by atoms with E-state index >= 15 is 0 Å². The van der Waals surface area contributed by atoms with Crippen molar-refractivity contribution in [3.63, 3.8) is 0 Å². The SMILES string of the molecule is CC(NCC(C)(C)N)c1cccc(F)c1. The van der Waals surface area contributed by atoms with E-state index < -0.39 is 0 Å². The molecule has 1 atom stereocenters. The highest BCUT2D eigenvalue weighted by Crippen LogP contribution is 2.13. The molecule has 0 heterocycles. The molecule has 3 heteroatoms. The van der Waals surface area contributed by atoms with Crippen molar-refractivity contribution >= 4 is 0 Å². The Balaban J connectivity index is 2.58. The van der Waals surface area contributed by atoms with Crippen LogP contribution in [0.3, 0.4) is 0 Å². The molecule has 0 saturated carbocycles. The monoisotopic (exact) mass is 210 g/mol. The fourth-order valence-corrected chi connectivity index (χ4v) is 1.31. The Hall–Kier alpha value is -0.930. The molecule has 1 unspecified atom stereocenters. The summed E-state index contributed by atoms with van der Waals surface area (Å²) < 4.78 is 12.9. The van der Waals surface area contributed by atoms with Crippen LogP contribution < -0.4 is 11.1 Å². The van der Waals surface area contributed by atoms with Gasteiger partial charge in [-0.3, -0.25) is 0 Å². The maximum atomic E-state index is 12.9. The molecular formula is C12H19FN2. The number of hydrogen-bond acceptors (Lipinski definition) is 2. The summed E-state index contributed by atoms with van der Waals surface area (Å²) in [6, 6.07) is 6.73. The number of nitrogens with one attached hydrogen (secondary N) is 1. The standard InChI is InChI=1S/C12H19FN2/c1-9(15-8-12(2,3)14)10-5-4-6-11(13)7-10/h4-7,9,15H,8,14H2,1-3H3. The molecule has 1 rings (SSSR count). The third kappa shape index (κ3) is 4.40. The largest absolute Gasteiger partial charge is 0.324 e. The summed E-state index contributed by atoms with van der Waals surface area (Å²) >= 11 is 0. The highest BCUT2D eigenvalue weighted by atomic mass is 19.1. The van der Waals surface area contributed by atoms with E-state index in [9.17, 15) is 4.39 Å². The number of benzene rings is 1. The van der Waals surface area contributed by atoms with Crippen molar-refractivity contribution in [3.05, 3.63) is 35.6 Å². The van der Waals surface area contributed by atoms with Gasteiger partial charge in [-0.2, -0.15) is 0 Å². The molecule has 0 radical (unpaired) electrons. The summed E-state index contributed by atoms with van der Waals surface area (Å²) in [4.78, 5) is 0. The zero-order valence-corrected chi connectivity index (χ0v) is 9.55. The Morgan fingerprint density at radius 2 is 2.13 bits per heavy atom. The summed E-state index contributed by atoms with van der Waals surface area (Å²) in [5.74, 6) is -0.201. The first-order chi connectivity index (χ1) is 6.88. The summed E-state index contributed by atoms with van der Waals surface area (Å²) in [5, 5.41) is 3.27. The van der Waals surface area contributed by atoms with Gasteiger partial charge in [0, 0.05) is 18.1 Å². The molecule has 3 N–H and O–H groups in total. The summed E-state index contributed by atoms with van der Waals surface area (Å²) in [7, 11) is 0. The molecule has 0 bridgehead atoms. The molecule has 2 nitrogen and oxygen atoms in total. The Kier molecular flexibility index (Phi) is 3.83. The van der Waals surface area contributed by atoms with Crippen LogP contribution in [0.1, 0.15) is 32.4 Å². The minimum absolute atomic E-state index is 0.114. The quantitative estimate of drug-likeness (QED) is 0.799. The van der Waals surface area contributed by atoms with E-state index in [-0.39, 0.29) is 17.4 Å². The smallest absolute Gasteiger partial charge is 0.123 e. The van der Waals surface area contributed by atoms with Crippen LogP contribution in [-0.2, 0) is 0 Å². The van der Waals surface area contributed by atoms with Gasteiger partial charge in [0.1, 0.15) is 5.82 Å². The van der Waals surface area contributed by atoms with Gasteiger partial charge in [-0.05, 0) is 38.5 Å². The van der Waals surface area contributed by atoms with Crippen molar-refractivity contribution in [2.45, 2.75) is 32.4 Å². The maximum absolute atomic E-state index is 12.9. The van der Waals surface area contributed by atoms with Crippen LogP contribution in [0.25, 0.3) is 0 Å². The Bertz CT molecular complexity index is 318. The lowest BCUT2D eigenvalue weighted by Gasteiger charge is -2.23. The Labute approximate surface area is 90.7 Å². The van der Waals surface area contributed by atoms with E-state index in [1.807, 2.05) is 26.8 Å². The molecular weight excluding hydrogens is 191 g/mol. The zero-order valence-electron chi connectivity index (χ0n) is 9.55. The summed E-state index contributed by atoms with van der Waals surface area (Å²) in [6.45, 7) is 6.61. The lowest BCUT2D eigenvalue weighted by atomic mass is 10.0. The minimum atomic E-state index is -0.248. The third-order valence-electron chi connectivity index (χ3n) is 2.21. The number of halogens is 1. The van der Waals surface area contributed by atoms with Crippen molar-refractivity contribution in [2.75, 3.05) is 6.54 Å². The predicted octanol–water partition coefficient (Wildman–Crippen LogP) is 2.21. The van der Waals surface area contributed by atoms with Gasteiger partial charge in [0.05, 0.1) is 0 Å². The van der Waals surface area contributed by atoms with Gasteiger partial charge in [0.2, 0.25) is 0 Å². The molecule has 0 amide bonds. The van der Waals surface area contributed by atoms with E-state index in [2.05, 4.69) is 5.32 Å². The average Bonchev–Trinajstić information content (AvgIpc) is 2.13. The topological polar surface area (TPSA) is 38.0 Å². The van der Waals surface area contributed by atoms with E-state index in [4.69, 9.17) is 5.73 Å². The Morgan fingerprint density at radius 3 is 2.67 bits per heavy atom. The van der Waals surface area contributed by atoms with Crippen LogP contribution in [0.5, 0.6) is 0 Å². The van der Waals surface area contributed by atoms with Gasteiger partial charge >= 0.3 is 0 Å². The maximum Gasteiger partial charge on any atom is 0.123 e. The van der Waals surface area contributed by atoms with Crippen LogP contribution in [0.2, 0.25) is 0 Å². The summed E-state index contributed by atoms with van der Waals surface area (Å²) in [6.07, 6.45) is 0. The van der Waals surface area contributed by atoms with Gasteiger partial charge in [-0.15, -0.1) is 0 Å². The predicted molar refractivity (Wildman–Crippen MR) is 61.1 cm³/mol. The molecule has 0 aliphatic carbocycles. The van der Waals surface area contributed by atoms with E-state index in [0.717, 1.165) is 5.56 Å². The van der Waals surface area contributed by atoms with Crippen molar-refractivity contribution < 1.29 is 4.39 Å². The minimum Gasteiger partial charge on any atom is -0.324 e. The van der Waals surface area contributed by atoms with Crippen molar-refractivity contribution in [1.82, 2.24) is 5.32 Å². The van der Waals surface area contributed by atoms with E-state index in [1.165, 1.54) is 6.07 Å². The van der Waals surface area contributed by atoms with Crippen LogP contribution in [0.4, 0.5) is 4.39 Å². The number of nitrogens with two attached hydrogens (primary N) is 1. The average molecular weight is 210 g/mol. The molecule has 0 aromatic heterocycles. The molecule has 84 valence electrons. The van der Waals surface area contributed by atoms with E-state index in [0.29, 0.717) is 6.54 Å². The molecule has 0 fully saturated rings. The first-order valence-electron chi connectivity index (χ1n) is 5.16. The van der Waals surface area contributed by atoms with Crippen LogP contribution >= 0.6 is 0 Å². The second-order valence-corrected chi connectivity index (χ2v) is 4.65. The molecule has 1 aromatic carbocycles. The van der Waals surface area contributed by atoms with Crippen LogP contribution in [-0.4, -0.2) is 12.1 Å².